The largest absolute Gasteiger partial charge is 0.320 e. The lowest BCUT2D eigenvalue weighted by Gasteiger charge is -2.12. The average Bonchev–Trinajstić information content (AvgIpc) is 3.38. The molecule has 0 aliphatic carbocycles. The molecule has 0 unspecified atom stereocenters. The first-order valence-corrected chi connectivity index (χ1v) is 10.8. The highest BCUT2D eigenvalue weighted by molar-refractivity contribution is 6.22. The number of H-pyrrole nitrogens is 1. The lowest BCUT2D eigenvalue weighted by molar-refractivity contribution is 0.0652. The van der Waals surface area contributed by atoms with Crippen LogP contribution in [0.1, 0.15) is 50.8 Å². The highest BCUT2D eigenvalue weighted by atomic mass is 16.2. The molecular weight excluding hydrogens is 436 g/mol. The van der Waals surface area contributed by atoms with E-state index in [4.69, 9.17) is 0 Å². The van der Waals surface area contributed by atoms with Gasteiger partial charge in [-0.3, -0.25) is 24.1 Å². The predicted octanol–water partition coefficient (Wildman–Crippen LogP) is 2.76. The summed E-state index contributed by atoms with van der Waals surface area (Å²) in [5.74, 6) is -1.17. The topological polar surface area (TPSA) is 130 Å². The Kier molecular flexibility index (Phi) is 5.25. The molecule has 10 heteroatoms. The number of benzene rings is 2. The van der Waals surface area contributed by atoms with E-state index in [-0.39, 0.29) is 28.5 Å². The molecule has 0 fully saturated rings. The van der Waals surface area contributed by atoms with Crippen LogP contribution >= 0.6 is 0 Å². The molecule has 0 saturated carbocycles. The van der Waals surface area contributed by atoms with E-state index in [9.17, 15) is 19.2 Å². The molecule has 4 aromatic rings. The van der Waals surface area contributed by atoms with Crippen molar-refractivity contribution in [3.63, 3.8) is 0 Å². The quantitative estimate of drug-likeness (QED) is 0.429. The minimum absolute atomic E-state index is 0.225. The molecule has 170 valence electrons. The second kappa shape index (κ2) is 8.39. The molecule has 3 amide bonds. The highest BCUT2D eigenvalue weighted by Crippen LogP contribution is 2.26. The molecule has 0 saturated heterocycles. The molecular formula is C24H20N6O4. The Balaban J connectivity index is 1.46. The van der Waals surface area contributed by atoms with Gasteiger partial charge >= 0.3 is 0 Å². The van der Waals surface area contributed by atoms with Gasteiger partial charge in [-0.15, -0.1) is 0 Å². The third kappa shape index (κ3) is 3.45. The number of nitrogens with one attached hydrogen (secondary N) is 2. The summed E-state index contributed by atoms with van der Waals surface area (Å²) in [5, 5.41) is 7.41. The van der Waals surface area contributed by atoms with Crippen LogP contribution in [0, 0.1) is 0 Å². The Morgan fingerprint density at radius 1 is 1.06 bits per heavy atom. The first-order valence-electron chi connectivity index (χ1n) is 10.8. The first kappa shape index (κ1) is 21.3. The second-order valence-corrected chi connectivity index (χ2v) is 7.87. The van der Waals surface area contributed by atoms with Gasteiger partial charge in [0.2, 0.25) is 0 Å². The number of para-hydroxylation sites is 2. The minimum atomic E-state index is -0.454. The number of imide groups is 1. The number of anilines is 1. The van der Waals surface area contributed by atoms with Crippen LogP contribution < -0.4 is 10.9 Å². The summed E-state index contributed by atoms with van der Waals surface area (Å²) in [7, 11) is 0. The van der Waals surface area contributed by atoms with Gasteiger partial charge in [-0.25, -0.2) is 9.67 Å². The number of nitrogens with zero attached hydrogens (tertiary/aromatic N) is 4. The van der Waals surface area contributed by atoms with Crippen molar-refractivity contribution < 1.29 is 14.4 Å². The lowest BCUT2D eigenvalue weighted by Crippen LogP contribution is -2.30. The molecule has 0 radical (unpaired) electrons. The van der Waals surface area contributed by atoms with Gasteiger partial charge in [0.1, 0.15) is 5.39 Å². The van der Waals surface area contributed by atoms with Gasteiger partial charge < -0.3 is 10.3 Å². The van der Waals surface area contributed by atoms with E-state index >= 15 is 0 Å². The fourth-order valence-corrected chi connectivity index (χ4v) is 3.94. The Morgan fingerprint density at radius 3 is 2.68 bits per heavy atom. The smallest absolute Gasteiger partial charge is 0.261 e. The predicted molar refractivity (Wildman–Crippen MR) is 124 cm³/mol. The van der Waals surface area contributed by atoms with Crippen molar-refractivity contribution in [1.82, 2.24) is 24.6 Å². The normalized spacial score (nSPS) is 12.9. The van der Waals surface area contributed by atoms with Crippen molar-refractivity contribution in [2.24, 2.45) is 0 Å². The van der Waals surface area contributed by atoms with Gasteiger partial charge in [0.15, 0.2) is 5.65 Å². The zero-order valence-corrected chi connectivity index (χ0v) is 18.2. The van der Waals surface area contributed by atoms with Crippen LogP contribution in [0.15, 0.2) is 59.8 Å². The summed E-state index contributed by atoms with van der Waals surface area (Å²) in [6, 6.07) is 11.4. The van der Waals surface area contributed by atoms with Crippen molar-refractivity contribution in [3.05, 3.63) is 82.0 Å². The SMILES string of the molecule is CCCCN1C(=O)c2ccc(C(=O)Nc3ccccc3-n3ncc4c(=O)[nH]cnc43)cc2C1=O. The van der Waals surface area contributed by atoms with Crippen LogP contribution in [0.4, 0.5) is 5.69 Å². The second-order valence-electron chi connectivity index (χ2n) is 7.87. The zero-order chi connectivity index (χ0) is 23.8. The number of carbonyl (C=O) groups excluding carboxylic acids is 3. The molecule has 0 bridgehead atoms. The molecule has 1 aliphatic rings. The van der Waals surface area contributed by atoms with E-state index < -0.39 is 5.91 Å². The van der Waals surface area contributed by atoms with Crippen LogP contribution in [-0.2, 0) is 0 Å². The van der Waals surface area contributed by atoms with Crippen LogP contribution in [-0.4, -0.2) is 48.9 Å². The van der Waals surface area contributed by atoms with Crippen molar-refractivity contribution in [2.45, 2.75) is 19.8 Å². The number of rotatable bonds is 6. The van der Waals surface area contributed by atoms with Gasteiger partial charge in [-0.2, -0.15) is 5.10 Å². The number of fused-ring (bicyclic) bond motifs is 2. The molecule has 34 heavy (non-hydrogen) atoms. The molecule has 3 heterocycles. The Labute approximate surface area is 193 Å². The molecule has 0 atom stereocenters. The molecule has 0 spiro atoms. The van der Waals surface area contributed by atoms with E-state index in [0.29, 0.717) is 34.5 Å². The summed E-state index contributed by atoms with van der Waals surface area (Å²) in [6.45, 7) is 2.34. The molecule has 1 aliphatic heterocycles. The van der Waals surface area contributed by atoms with E-state index in [1.807, 2.05) is 6.92 Å². The number of aromatic nitrogens is 4. The van der Waals surface area contributed by atoms with E-state index in [1.165, 1.54) is 40.3 Å². The van der Waals surface area contributed by atoms with E-state index in [0.717, 1.165) is 12.8 Å². The van der Waals surface area contributed by atoms with Crippen LogP contribution in [0.5, 0.6) is 0 Å². The van der Waals surface area contributed by atoms with Crippen LogP contribution in [0.3, 0.4) is 0 Å². The zero-order valence-electron chi connectivity index (χ0n) is 18.2. The first-order chi connectivity index (χ1) is 16.5. The summed E-state index contributed by atoms with van der Waals surface area (Å²) in [6.07, 6.45) is 4.28. The molecule has 2 N–H and O–H groups in total. The number of amides is 3. The maximum absolute atomic E-state index is 13.1. The Morgan fingerprint density at radius 2 is 1.85 bits per heavy atom. The standard InChI is InChI=1S/C24H20N6O4/c1-2-3-10-29-23(33)15-9-8-14(11-16(15)24(29)34)21(31)28-18-6-4-5-7-19(18)30-20-17(12-27-30)22(32)26-13-25-20/h4-9,11-13H,2-3,10H2,1H3,(H,28,31)(H,25,26,32). The molecule has 2 aromatic heterocycles. The highest BCUT2D eigenvalue weighted by Gasteiger charge is 2.35. The van der Waals surface area contributed by atoms with Crippen LogP contribution in [0.25, 0.3) is 16.7 Å². The number of hydrogen-bond acceptors (Lipinski definition) is 6. The van der Waals surface area contributed by atoms with Crippen molar-refractivity contribution in [3.8, 4) is 5.69 Å². The van der Waals surface area contributed by atoms with Crippen molar-refractivity contribution in [2.75, 3.05) is 11.9 Å². The molecule has 10 nitrogen and oxygen atoms in total. The van der Waals surface area contributed by atoms with Crippen LogP contribution in [0.2, 0.25) is 0 Å². The van der Waals surface area contributed by atoms with Gasteiger partial charge in [-0.1, -0.05) is 25.5 Å². The molecule has 5 rings (SSSR count). The number of unbranched alkanes of at least 4 members (excludes halogenated alkanes) is 1. The summed E-state index contributed by atoms with van der Waals surface area (Å²) in [4.78, 5) is 58.3. The summed E-state index contributed by atoms with van der Waals surface area (Å²) in [5.41, 5.74) is 1.75. The van der Waals surface area contributed by atoms with E-state index in [1.54, 1.807) is 24.3 Å². The van der Waals surface area contributed by atoms with Gasteiger partial charge in [0.05, 0.1) is 35.0 Å². The minimum Gasteiger partial charge on any atom is -0.320 e. The third-order valence-corrected chi connectivity index (χ3v) is 5.72. The Hall–Kier alpha value is -4.60. The summed E-state index contributed by atoms with van der Waals surface area (Å²) < 4.78 is 1.47. The number of carbonyl (C=O) groups is 3. The fourth-order valence-electron chi connectivity index (χ4n) is 3.94. The van der Waals surface area contributed by atoms with Crippen molar-refractivity contribution in [1.29, 1.82) is 0 Å². The lowest BCUT2D eigenvalue weighted by atomic mass is 10.1. The summed E-state index contributed by atoms with van der Waals surface area (Å²) >= 11 is 0. The number of hydrogen-bond donors (Lipinski definition) is 2. The maximum atomic E-state index is 13.1. The van der Waals surface area contributed by atoms with Gasteiger partial charge in [0, 0.05) is 12.1 Å². The number of aromatic amines is 1. The van der Waals surface area contributed by atoms with Gasteiger partial charge in [0.25, 0.3) is 23.3 Å². The third-order valence-electron chi connectivity index (χ3n) is 5.72. The van der Waals surface area contributed by atoms with E-state index in [2.05, 4.69) is 20.4 Å². The maximum Gasteiger partial charge on any atom is 0.261 e. The monoisotopic (exact) mass is 456 g/mol. The average molecular weight is 456 g/mol. The molecule has 2 aromatic carbocycles. The fraction of sp³-hybridized carbons (Fsp3) is 0.167. The Bertz CT molecular complexity index is 1520. The van der Waals surface area contributed by atoms with Gasteiger partial charge in [-0.05, 0) is 36.8 Å². The van der Waals surface area contributed by atoms with Crippen molar-refractivity contribution >= 4 is 34.4 Å².